The molecule has 0 spiro atoms. The van der Waals surface area contributed by atoms with Crippen LogP contribution < -0.4 is 5.32 Å². The highest BCUT2D eigenvalue weighted by Gasteiger charge is 2.13. The predicted molar refractivity (Wildman–Crippen MR) is 55.5 cm³/mol. The largest absolute Gasteiger partial charge is 0.313 e. The van der Waals surface area contributed by atoms with Gasteiger partial charge >= 0.3 is 0 Å². The number of hydrogen-bond acceptors (Lipinski definition) is 2. The van der Waals surface area contributed by atoms with Crippen molar-refractivity contribution in [3.63, 3.8) is 0 Å². The minimum atomic E-state index is 0.592. The van der Waals surface area contributed by atoms with Crippen LogP contribution in [0.4, 0.5) is 0 Å². The minimum Gasteiger partial charge on any atom is -0.313 e. The third-order valence-electron chi connectivity index (χ3n) is 2.63. The van der Waals surface area contributed by atoms with Crippen LogP contribution >= 0.6 is 0 Å². The van der Waals surface area contributed by atoms with Crippen molar-refractivity contribution in [2.24, 2.45) is 0 Å². The molecule has 0 fully saturated rings. The first-order valence-electron chi connectivity index (χ1n) is 5.07. The lowest BCUT2D eigenvalue weighted by Crippen LogP contribution is -2.45. The van der Waals surface area contributed by atoms with Crippen LogP contribution in [0, 0.1) is 0 Å². The Morgan fingerprint density at radius 2 is 1.83 bits per heavy atom. The molecular weight excluding hydrogens is 148 g/mol. The Balaban J connectivity index is 3.67. The van der Waals surface area contributed by atoms with Gasteiger partial charge in [0.2, 0.25) is 0 Å². The molecule has 0 aliphatic carbocycles. The molecule has 0 aromatic carbocycles. The molecule has 0 bridgehead atoms. The molecule has 0 rings (SSSR count). The summed E-state index contributed by atoms with van der Waals surface area (Å²) in [6, 6.07) is 1.22. The van der Waals surface area contributed by atoms with Gasteiger partial charge in [0.1, 0.15) is 0 Å². The molecule has 0 amide bonds. The molecule has 0 aromatic rings. The lowest BCUT2D eigenvalue weighted by atomic mass is 10.1. The Hall–Kier alpha value is -0.0800. The molecule has 2 unspecified atom stereocenters. The summed E-state index contributed by atoms with van der Waals surface area (Å²) < 4.78 is 0. The van der Waals surface area contributed by atoms with E-state index in [1.165, 1.54) is 6.42 Å². The number of nitrogens with one attached hydrogen (secondary N) is 1. The molecule has 0 aromatic heterocycles. The lowest BCUT2D eigenvalue weighted by Gasteiger charge is -2.29. The normalized spacial score (nSPS) is 16.5. The fraction of sp³-hybridized carbons (Fsp3) is 1.00. The van der Waals surface area contributed by atoms with Gasteiger partial charge in [-0.3, -0.25) is 0 Å². The summed E-state index contributed by atoms with van der Waals surface area (Å²) in [5, 5.41) is 3.51. The second-order valence-corrected chi connectivity index (χ2v) is 3.56. The SMILES string of the molecule is CCCNC(C)C(C)N(C)CC. The maximum Gasteiger partial charge on any atom is 0.0215 e. The zero-order chi connectivity index (χ0) is 9.56. The summed E-state index contributed by atoms with van der Waals surface area (Å²) in [4.78, 5) is 2.37. The fourth-order valence-electron chi connectivity index (χ4n) is 1.21. The zero-order valence-electron chi connectivity index (χ0n) is 9.22. The first kappa shape index (κ1) is 11.9. The maximum atomic E-state index is 3.51. The van der Waals surface area contributed by atoms with Crippen LogP contribution in [0.1, 0.15) is 34.1 Å². The van der Waals surface area contributed by atoms with Gasteiger partial charge in [-0.25, -0.2) is 0 Å². The van der Waals surface area contributed by atoms with Crippen molar-refractivity contribution in [1.29, 1.82) is 0 Å². The van der Waals surface area contributed by atoms with Gasteiger partial charge in [-0.05, 0) is 40.4 Å². The third-order valence-corrected chi connectivity index (χ3v) is 2.63. The van der Waals surface area contributed by atoms with E-state index in [1.807, 2.05) is 0 Å². The molecule has 12 heavy (non-hydrogen) atoms. The van der Waals surface area contributed by atoms with Crippen LogP contribution in [0.5, 0.6) is 0 Å². The van der Waals surface area contributed by atoms with Gasteiger partial charge in [0, 0.05) is 12.1 Å². The van der Waals surface area contributed by atoms with Crippen molar-refractivity contribution < 1.29 is 0 Å². The van der Waals surface area contributed by atoms with Crippen LogP contribution in [-0.2, 0) is 0 Å². The van der Waals surface area contributed by atoms with Crippen molar-refractivity contribution >= 4 is 0 Å². The van der Waals surface area contributed by atoms with E-state index in [1.54, 1.807) is 0 Å². The van der Waals surface area contributed by atoms with Gasteiger partial charge in [0.25, 0.3) is 0 Å². The zero-order valence-corrected chi connectivity index (χ0v) is 9.22. The Morgan fingerprint density at radius 3 is 2.25 bits per heavy atom. The Kier molecular flexibility index (Phi) is 6.39. The molecule has 74 valence electrons. The Morgan fingerprint density at radius 1 is 1.25 bits per heavy atom. The van der Waals surface area contributed by atoms with Gasteiger partial charge in [-0.2, -0.15) is 0 Å². The third kappa shape index (κ3) is 4.07. The highest BCUT2D eigenvalue weighted by Crippen LogP contribution is 2.00. The highest BCUT2D eigenvalue weighted by atomic mass is 15.1. The molecule has 2 heteroatoms. The lowest BCUT2D eigenvalue weighted by molar-refractivity contribution is 0.224. The monoisotopic (exact) mass is 172 g/mol. The Bertz CT molecular complexity index is 104. The van der Waals surface area contributed by atoms with Crippen LogP contribution in [0.15, 0.2) is 0 Å². The van der Waals surface area contributed by atoms with Crippen molar-refractivity contribution in [2.45, 2.75) is 46.2 Å². The van der Waals surface area contributed by atoms with E-state index in [2.05, 4.69) is 45.0 Å². The average molecular weight is 172 g/mol. The van der Waals surface area contributed by atoms with Gasteiger partial charge in [-0.15, -0.1) is 0 Å². The fourth-order valence-corrected chi connectivity index (χ4v) is 1.21. The molecule has 0 radical (unpaired) electrons. The second-order valence-electron chi connectivity index (χ2n) is 3.56. The quantitative estimate of drug-likeness (QED) is 0.656. The van der Waals surface area contributed by atoms with Crippen LogP contribution in [-0.4, -0.2) is 37.1 Å². The molecule has 2 atom stereocenters. The van der Waals surface area contributed by atoms with Crippen LogP contribution in [0.25, 0.3) is 0 Å². The van der Waals surface area contributed by atoms with Crippen molar-refractivity contribution in [3.8, 4) is 0 Å². The topological polar surface area (TPSA) is 15.3 Å². The van der Waals surface area contributed by atoms with Crippen LogP contribution in [0.3, 0.4) is 0 Å². The summed E-state index contributed by atoms with van der Waals surface area (Å²) in [7, 11) is 2.18. The molecule has 0 aliphatic heterocycles. The summed E-state index contributed by atoms with van der Waals surface area (Å²) >= 11 is 0. The van der Waals surface area contributed by atoms with E-state index in [4.69, 9.17) is 0 Å². The number of nitrogens with zero attached hydrogens (tertiary/aromatic N) is 1. The molecule has 0 saturated heterocycles. The van der Waals surface area contributed by atoms with Crippen LogP contribution in [0.2, 0.25) is 0 Å². The van der Waals surface area contributed by atoms with E-state index in [0.29, 0.717) is 12.1 Å². The molecule has 0 aliphatic rings. The van der Waals surface area contributed by atoms with Crippen molar-refractivity contribution in [3.05, 3.63) is 0 Å². The minimum absolute atomic E-state index is 0.592. The Labute approximate surface area is 77.3 Å². The van der Waals surface area contributed by atoms with Crippen molar-refractivity contribution in [1.82, 2.24) is 10.2 Å². The maximum absolute atomic E-state index is 3.51. The summed E-state index contributed by atoms with van der Waals surface area (Å²) in [6.45, 7) is 11.2. The standard InChI is InChI=1S/C10H24N2/c1-6-8-11-9(3)10(4)12(5)7-2/h9-11H,6-8H2,1-5H3. The number of hydrogen-bond donors (Lipinski definition) is 1. The summed E-state index contributed by atoms with van der Waals surface area (Å²) in [6.07, 6.45) is 1.22. The molecule has 0 saturated carbocycles. The van der Waals surface area contributed by atoms with E-state index in [9.17, 15) is 0 Å². The van der Waals surface area contributed by atoms with Gasteiger partial charge < -0.3 is 10.2 Å². The highest BCUT2D eigenvalue weighted by molar-refractivity contribution is 4.74. The van der Waals surface area contributed by atoms with Gasteiger partial charge in [0.05, 0.1) is 0 Å². The summed E-state index contributed by atoms with van der Waals surface area (Å²) in [5.41, 5.74) is 0. The predicted octanol–water partition coefficient (Wildman–Crippen LogP) is 1.71. The number of rotatable bonds is 6. The number of likely N-dealkylation sites (N-methyl/N-ethyl adjacent to an activating group) is 1. The van der Waals surface area contributed by atoms with Gasteiger partial charge in [0.15, 0.2) is 0 Å². The average Bonchev–Trinajstić information content (AvgIpc) is 2.11. The first-order valence-corrected chi connectivity index (χ1v) is 5.07. The second kappa shape index (κ2) is 6.44. The molecule has 2 nitrogen and oxygen atoms in total. The van der Waals surface area contributed by atoms with E-state index in [0.717, 1.165) is 13.1 Å². The first-order chi connectivity index (χ1) is 5.63. The molecule has 0 heterocycles. The van der Waals surface area contributed by atoms with Gasteiger partial charge in [-0.1, -0.05) is 13.8 Å². The molecular formula is C10H24N2. The van der Waals surface area contributed by atoms with Crippen molar-refractivity contribution in [2.75, 3.05) is 20.1 Å². The van der Waals surface area contributed by atoms with E-state index < -0.39 is 0 Å². The molecule has 1 N–H and O–H groups in total. The smallest absolute Gasteiger partial charge is 0.0215 e. The summed E-state index contributed by atoms with van der Waals surface area (Å²) in [5.74, 6) is 0. The van der Waals surface area contributed by atoms with E-state index in [-0.39, 0.29) is 0 Å². The van der Waals surface area contributed by atoms with E-state index >= 15 is 0 Å².